The molecule has 2 N–H and O–H groups in total. The van der Waals surface area contributed by atoms with E-state index >= 15 is 0 Å². The van der Waals surface area contributed by atoms with E-state index in [1.807, 2.05) is 25.3 Å². The highest BCUT2D eigenvalue weighted by molar-refractivity contribution is 7.13. The zero-order chi connectivity index (χ0) is 17.1. The number of amides is 1. The highest BCUT2D eigenvalue weighted by Crippen LogP contribution is 2.20. The van der Waals surface area contributed by atoms with E-state index in [1.165, 1.54) is 11.3 Å². The molecule has 3 rings (SSSR count). The lowest BCUT2D eigenvalue weighted by Gasteiger charge is -2.31. The average Bonchev–Trinajstić information content (AvgIpc) is 3.17. The number of aromatic amines is 1. The molecule has 0 bridgehead atoms. The van der Waals surface area contributed by atoms with E-state index in [0.717, 1.165) is 36.3 Å². The lowest BCUT2D eigenvalue weighted by Crippen LogP contribution is -2.42. The zero-order valence-corrected chi connectivity index (χ0v) is 14.8. The largest absolute Gasteiger partial charge is 0.362 e. The number of hydrogen-bond acceptors (Lipinski definition) is 5. The number of nitrogens with zero attached hydrogens (tertiary/aromatic N) is 2. The molecule has 2 aromatic rings. The number of piperidine rings is 1. The van der Waals surface area contributed by atoms with Crippen LogP contribution in [0, 0.1) is 19.8 Å². The van der Waals surface area contributed by atoms with Crippen LogP contribution in [0.3, 0.4) is 0 Å². The first-order chi connectivity index (χ1) is 11.5. The number of H-pyrrole nitrogens is 1. The number of carbonyl (C=O) groups is 2. The first kappa shape index (κ1) is 16.9. The summed E-state index contributed by atoms with van der Waals surface area (Å²) in [6, 6.07) is 1.90. The van der Waals surface area contributed by atoms with Crippen molar-refractivity contribution in [3.05, 3.63) is 34.6 Å². The molecule has 128 valence electrons. The summed E-state index contributed by atoms with van der Waals surface area (Å²) in [5, 5.41) is 5.33. The highest BCUT2D eigenvalue weighted by Gasteiger charge is 2.27. The van der Waals surface area contributed by atoms with Crippen molar-refractivity contribution in [1.82, 2.24) is 14.9 Å². The lowest BCUT2D eigenvalue weighted by molar-refractivity contribution is -0.121. The van der Waals surface area contributed by atoms with E-state index in [0.29, 0.717) is 18.2 Å². The Labute approximate surface area is 145 Å². The molecule has 0 unspecified atom stereocenters. The first-order valence-electron chi connectivity index (χ1n) is 8.15. The number of hydrogen-bond donors (Lipinski definition) is 2. The van der Waals surface area contributed by atoms with Crippen LogP contribution in [-0.4, -0.2) is 46.2 Å². The predicted molar refractivity (Wildman–Crippen MR) is 94.5 cm³/mol. The van der Waals surface area contributed by atoms with E-state index in [2.05, 4.69) is 20.2 Å². The second-order valence-corrected chi connectivity index (χ2v) is 7.21. The normalized spacial score (nSPS) is 18.5. The maximum atomic E-state index is 12.5. The minimum atomic E-state index is -0.0930. The van der Waals surface area contributed by atoms with Crippen molar-refractivity contribution in [1.29, 1.82) is 0 Å². The summed E-state index contributed by atoms with van der Waals surface area (Å²) in [7, 11) is 0. The van der Waals surface area contributed by atoms with Gasteiger partial charge in [-0.05, 0) is 39.3 Å². The standard InChI is InChI=1S/C17H22N4O2S/c1-11-8-14(12(2)19-11)15(22)10-21-6-3-4-13(9-21)16(23)20-17-18-5-7-24-17/h5,7-8,13,19H,3-4,6,9-10H2,1-2H3,(H,18,20,23)/t13-/m0/s1. The van der Waals surface area contributed by atoms with Gasteiger partial charge in [-0.2, -0.15) is 0 Å². The molecule has 1 aliphatic rings. The predicted octanol–water partition coefficient (Wildman–Crippen LogP) is 2.62. The Morgan fingerprint density at radius 2 is 2.29 bits per heavy atom. The molecule has 0 spiro atoms. The van der Waals surface area contributed by atoms with Crippen LogP contribution in [0.2, 0.25) is 0 Å². The number of Topliss-reactive ketones (excluding diaryl/α,β-unsaturated/α-hetero) is 1. The van der Waals surface area contributed by atoms with Gasteiger partial charge in [-0.3, -0.25) is 14.5 Å². The Kier molecular flexibility index (Phi) is 5.11. The molecular weight excluding hydrogens is 324 g/mol. The number of thiazole rings is 1. The number of aryl methyl sites for hydroxylation is 2. The van der Waals surface area contributed by atoms with Crippen molar-refractivity contribution in [2.24, 2.45) is 5.92 Å². The Balaban J connectivity index is 1.58. The lowest BCUT2D eigenvalue weighted by atomic mass is 9.96. The molecule has 2 aromatic heterocycles. The summed E-state index contributed by atoms with van der Waals surface area (Å²) in [4.78, 5) is 34.2. The maximum Gasteiger partial charge on any atom is 0.230 e. The van der Waals surface area contributed by atoms with E-state index in [-0.39, 0.29) is 17.6 Å². The molecular formula is C17H22N4O2S. The van der Waals surface area contributed by atoms with Crippen molar-refractivity contribution in [2.45, 2.75) is 26.7 Å². The van der Waals surface area contributed by atoms with E-state index in [4.69, 9.17) is 0 Å². The zero-order valence-electron chi connectivity index (χ0n) is 14.0. The molecule has 0 aliphatic carbocycles. The fourth-order valence-corrected chi connectivity index (χ4v) is 3.74. The van der Waals surface area contributed by atoms with Crippen molar-refractivity contribution in [3.8, 4) is 0 Å². The summed E-state index contributed by atoms with van der Waals surface area (Å²) in [5.74, 6) is 0.0121. The quantitative estimate of drug-likeness (QED) is 0.816. The number of anilines is 1. The number of carbonyl (C=O) groups excluding carboxylic acids is 2. The maximum absolute atomic E-state index is 12.5. The molecule has 0 radical (unpaired) electrons. The van der Waals surface area contributed by atoms with Gasteiger partial charge in [-0.15, -0.1) is 11.3 Å². The van der Waals surface area contributed by atoms with Gasteiger partial charge in [-0.1, -0.05) is 0 Å². The molecule has 1 amide bonds. The Morgan fingerprint density at radius 3 is 2.96 bits per heavy atom. The number of ketones is 1. The van der Waals surface area contributed by atoms with Crippen LogP contribution >= 0.6 is 11.3 Å². The Morgan fingerprint density at radius 1 is 1.46 bits per heavy atom. The smallest absolute Gasteiger partial charge is 0.230 e. The fourth-order valence-electron chi connectivity index (χ4n) is 3.21. The molecule has 1 aliphatic heterocycles. The second kappa shape index (κ2) is 7.27. The molecule has 3 heterocycles. The summed E-state index contributed by atoms with van der Waals surface area (Å²) >= 11 is 1.41. The van der Waals surface area contributed by atoms with Crippen LogP contribution in [0.25, 0.3) is 0 Å². The molecule has 0 aromatic carbocycles. The Hall–Kier alpha value is -1.99. The van der Waals surface area contributed by atoms with Crippen molar-refractivity contribution >= 4 is 28.2 Å². The van der Waals surface area contributed by atoms with E-state index in [9.17, 15) is 9.59 Å². The minimum absolute atomic E-state index is 0.00392. The number of likely N-dealkylation sites (tertiary alicyclic amines) is 1. The summed E-state index contributed by atoms with van der Waals surface area (Å²) < 4.78 is 0. The van der Waals surface area contributed by atoms with E-state index in [1.54, 1.807) is 6.20 Å². The van der Waals surface area contributed by atoms with Gasteiger partial charge >= 0.3 is 0 Å². The van der Waals surface area contributed by atoms with Crippen molar-refractivity contribution in [3.63, 3.8) is 0 Å². The van der Waals surface area contributed by atoms with Crippen LogP contribution in [0.15, 0.2) is 17.6 Å². The molecule has 7 heteroatoms. The van der Waals surface area contributed by atoms with Gasteiger partial charge in [0.05, 0.1) is 12.5 Å². The second-order valence-electron chi connectivity index (χ2n) is 6.31. The number of aromatic nitrogens is 2. The van der Waals surface area contributed by atoms with Crippen LogP contribution < -0.4 is 5.32 Å². The third kappa shape index (κ3) is 3.91. The summed E-state index contributed by atoms with van der Waals surface area (Å²) in [6.45, 7) is 5.70. The van der Waals surface area contributed by atoms with Gasteiger partial charge in [0.15, 0.2) is 10.9 Å². The minimum Gasteiger partial charge on any atom is -0.362 e. The third-order valence-corrected chi connectivity index (χ3v) is 5.04. The van der Waals surface area contributed by atoms with Gasteiger partial charge < -0.3 is 10.3 Å². The van der Waals surface area contributed by atoms with Gasteiger partial charge in [0.1, 0.15) is 0 Å². The van der Waals surface area contributed by atoms with Gasteiger partial charge in [0.2, 0.25) is 5.91 Å². The fraction of sp³-hybridized carbons (Fsp3) is 0.471. The van der Waals surface area contributed by atoms with Crippen molar-refractivity contribution in [2.75, 3.05) is 25.0 Å². The number of nitrogens with one attached hydrogen (secondary N) is 2. The molecule has 6 nitrogen and oxygen atoms in total. The number of rotatable bonds is 5. The average molecular weight is 346 g/mol. The van der Waals surface area contributed by atoms with Crippen molar-refractivity contribution < 1.29 is 9.59 Å². The summed E-state index contributed by atoms with van der Waals surface area (Å²) in [5.41, 5.74) is 2.66. The molecule has 0 saturated carbocycles. The van der Waals surface area contributed by atoms with E-state index < -0.39 is 0 Å². The summed E-state index contributed by atoms with van der Waals surface area (Å²) in [6.07, 6.45) is 3.45. The van der Waals surface area contributed by atoms with Crippen LogP contribution in [0.5, 0.6) is 0 Å². The molecule has 24 heavy (non-hydrogen) atoms. The molecule has 1 saturated heterocycles. The van der Waals surface area contributed by atoms with Gasteiger partial charge in [-0.25, -0.2) is 4.98 Å². The first-order valence-corrected chi connectivity index (χ1v) is 9.03. The highest BCUT2D eigenvalue weighted by atomic mass is 32.1. The third-order valence-electron chi connectivity index (χ3n) is 4.36. The Bertz CT molecular complexity index is 723. The van der Waals surface area contributed by atoms with Gasteiger partial charge in [0, 0.05) is 35.1 Å². The van der Waals surface area contributed by atoms with Gasteiger partial charge in [0.25, 0.3) is 0 Å². The van der Waals surface area contributed by atoms with Crippen LogP contribution in [-0.2, 0) is 4.79 Å². The molecule has 1 fully saturated rings. The monoisotopic (exact) mass is 346 g/mol. The van der Waals surface area contributed by atoms with Crippen LogP contribution in [0.4, 0.5) is 5.13 Å². The molecule has 1 atom stereocenters. The SMILES string of the molecule is Cc1cc(C(=O)CN2CCC[C@H](C(=O)Nc3nccs3)C2)c(C)[nH]1. The topological polar surface area (TPSA) is 78.1 Å². The van der Waals surface area contributed by atoms with Crippen LogP contribution in [0.1, 0.15) is 34.6 Å².